The second-order valence-electron chi connectivity index (χ2n) is 4.99. The van der Waals surface area contributed by atoms with Crippen LogP contribution in [-0.4, -0.2) is 13.1 Å². The van der Waals surface area contributed by atoms with Crippen LogP contribution in [0.1, 0.15) is 37.3 Å². The van der Waals surface area contributed by atoms with Gasteiger partial charge in [-0.1, -0.05) is 19.4 Å². The standard InChI is InChI=1S/C15H20N2/c1-3-13-5-4-8-17(11-13)15-7-6-12(2)9-14(15)10-16/h6-7,9,13H,3-5,8,11H2,1-2H3. The fourth-order valence-electron chi connectivity index (χ4n) is 2.63. The second-order valence-corrected chi connectivity index (χ2v) is 4.99. The van der Waals surface area contributed by atoms with E-state index in [4.69, 9.17) is 0 Å². The molecule has 1 saturated heterocycles. The van der Waals surface area contributed by atoms with Crippen molar-refractivity contribution in [2.45, 2.75) is 33.1 Å². The van der Waals surface area contributed by atoms with Gasteiger partial charge in [0.15, 0.2) is 0 Å². The minimum atomic E-state index is 0.789. The van der Waals surface area contributed by atoms with E-state index in [1.54, 1.807) is 0 Å². The number of piperidine rings is 1. The van der Waals surface area contributed by atoms with E-state index >= 15 is 0 Å². The van der Waals surface area contributed by atoms with Gasteiger partial charge in [0.05, 0.1) is 11.3 Å². The van der Waals surface area contributed by atoms with Crippen molar-refractivity contribution in [2.75, 3.05) is 18.0 Å². The molecule has 2 heteroatoms. The quantitative estimate of drug-likeness (QED) is 0.774. The molecule has 0 amide bonds. The fourth-order valence-corrected chi connectivity index (χ4v) is 2.63. The molecule has 0 saturated carbocycles. The average molecular weight is 228 g/mol. The van der Waals surface area contributed by atoms with Crippen molar-refractivity contribution in [1.82, 2.24) is 0 Å². The van der Waals surface area contributed by atoms with Gasteiger partial charge in [0, 0.05) is 13.1 Å². The Kier molecular flexibility index (Phi) is 3.68. The molecule has 2 rings (SSSR count). The molecule has 90 valence electrons. The van der Waals surface area contributed by atoms with E-state index in [2.05, 4.69) is 30.0 Å². The number of benzene rings is 1. The predicted octanol–water partition coefficient (Wildman–Crippen LogP) is 3.49. The van der Waals surface area contributed by atoms with Crippen LogP contribution in [0.15, 0.2) is 18.2 Å². The first kappa shape index (κ1) is 12.0. The SMILES string of the molecule is CCC1CCCN(c2ccc(C)cc2C#N)C1. The molecule has 1 unspecified atom stereocenters. The minimum absolute atomic E-state index is 0.789. The molecule has 1 aromatic carbocycles. The first-order valence-corrected chi connectivity index (χ1v) is 6.50. The van der Waals surface area contributed by atoms with Crippen LogP contribution in [0.3, 0.4) is 0 Å². The van der Waals surface area contributed by atoms with Gasteiger partial charge in [-0.2, -0.15) is 5.26 Å². The van der Waals surface area contributed by atoms with Crippen LogP contribution in [0.2, 0.25) is 0 Å². The summed E-state index contributed by atoms with van der Waals surface area (Å²) in [7, 11) is 0. The van der Waals surface area contributed by atoms with Crippen molar-refractivity contribution in [3.05, 3.63) is 29.3 Å². The zero-order valence-corrected chi connectivity index (χ0v) is 10.7. The molecular weight excluding hydrogens is 208 g/mol. The highest BCUT2D eigenvalue weighted by molar-refractivity contribution is 5.60. The van der Waals surface area contributed by atoms with E-state index in [1.165, 1.54) is 19.3 Å². The van der Waals surface area contributed by atoms with Crippen molar-refractivity contribution < 1.29 is 0 Å². The Morgan fingerprint density at radius 2 is 2.29 bits per heavy atom. The van der Waals surface area contributed by atoms with Crippen LogP contribution in [0.5, 0.6) is 0 Å². The topological polar surface area (TPSA) is 27.0 Å². The lowest BCUT2D eigenvalue weighted by Crippen LogP contribution is -2.35. The number of hydrogen-bond acceptors (Lipinski definition) is 2. The third-order valence-electron chi connectivity index (χ3n) is 3.71. The smallest absolute Gasteiger partial charge is 0.101 e. The van der Waals surface area contributed by atoms with E-state index in [0.717, 1.165) is 35.8 Å². The van der Waals surface area contributed by atoms with Gasteiger partial charge in [0.2, 0.25) is 0 Å². The lowest BCUT2D eigenvalue weighted by atomic mass is 9.94. The minimum Gasteiger partial charge on any atom is -0.370 e. The van der Waals surface area contributed by atoms with Gasteiger partial charge in [-0.3, -0.25) is 0 Å². The molecular formula is C15H20N2. The van der Waals surface area contributed by atoms with E-state index in [-0.39, 0.29) is 0 Å². The van der Waals surface area contributed by atoms with Gasteiger partial charge >= 0.3 is 0 Å². The maximum absolute atomic E-state index is 9.22. The summed E-state index contributed by atoms with van der Waals surface area (Å²) < 4.78 is 0. The summed E-state index contributed by atoms with van der Waals surface area (Å²) in [6.45, 7) is 6.49. The summed E-state index contributed by atoms with van der Waals surface area (Å²) in [4.78, 5) is 2.38. The highest BCUT2D eigenvalue weighted by Gasteiger charge is 2.20. The molecule has 17 heavy (non-hydrogen) atoms. The number of aryl methyl sites for hydroxylation is 1. The van der Waals surface area contributed by atoms with Crippen LogP contribution in [0.25, 0.3) is 0 Å². The molecule has 0 N–H and O–H groups in total. The van der Waals surface area contributed by atoms with Crippen LogP contribution < -0.4 is 4.90 Å². The maximum Gasteiger partial charge on any atom is 0.101 e. The summed E-state index contributed by atoms with van der Waals surface area (Å²) >= 11 is 0. The molecule has 1 aliphatic rings. The van der Waals surface area contributed by atoms with E-state index in [9.17, 15) is 5.26 Å². The normalized spacial score (nSPS) is 20.1. The van der Waals surface area contributed by atoms with Gasteiger partial charge in [0.25, 0.3) is 0 Å². The summed E-state index contributed by atoms with van der Waals surface area (Å²) in [5.41, 5.74) is 3.10. The molecule has 1 aromatic rings. The molecule has 2 nitrogen and oxygen atoms in total. The van der Waals surface area contributed by atoms with E-state index in [0.29, 0.717) is 0 Å². The Balaban J connectivity index is 2.24. The van der Waals surface area contributed by atoms with Crippen molar-refractivity contribution in [3.63, 3.8) is 0 Å². The first-order valence-electron chi connectivity index (χ1n) is 6.50. The molecule has 1 atom stereocenters. The predicted molar refractivity (Wildman–Crippen MR) is 71.1 cm³/mol. The monoisotopic (exact) mass is 228 g/mol. The third kappa shape index (κ3) is 2.61. The number of nitriles is 1. The van der Waals surface area contributed by atoms with Gasteiger partial charge < -0.3 is 4.90 Å². The first-order chi connectivity index (χ1) is 8.24. The van der Waals surface area contributed by atoms with Crippen molar-refractivity contribution >= 4 is 5.69 Å². The third-order valence-corrected chi connectivity index (χ3v) is 3.71. The molecule has 1 heterocycles. The van der Waals surface area contributed by atoms with Crippen LogP contribution in [0, 0.1) is 24.2 Å². The highest BCUT2D eigenvalue weighted by Crippen LogP contribution is 2.27. The summed E-state index contributed by atoms with van der Waals surface area (Å²) in [6.07, 6.45) is 3.82. The Bertz CT molecular complexity index is 431. The van der Waals surface area contributed by atoms with Crippen molar-refractivity contribution in [3.8, 4) is 6.07 Å². The summed E-state index contributed by atoms with van der Waals surface area (Å²) in [5, 5.41) is 9.22. The van der Waals surface area contributed by atoms with E-state index in [1.807, 2.05) is 13.0 Å². The average Bonchev–Trinajstić information content (AvgIpc) is 2.38. The molecule has 0 aromatic heterocycles. The van der Waals surface area contributed by atoms with Gasteiger partial charge in [-0.15, -0.1) is 0 Å². The van der Waals surface area contributed by atoms with Gasteiger partial charge in [-0.25, -0.2) is 0 Å². The molecule has 0 radical (unpaired) electrons. The Morgan fingerprint density at radius 3 is 3.00 bits per heavy atom. The van der Waals surface area contributed by atoms with Gasteiger partial charge in [0.1, 0.15) is 6.07 Å². The number of nitrogens with zero attached hydrogens (tertiary/aromatic N) is 2. The molecule has 0 aliphatic carbocycles. The van der Waals surface area contributed by atoms with Crippen molar-refractivity contribution in [2.24, 2.45) is 5.92 Å². The van der Waals surface area contributed by atoms with E-state index < -0.39 is 0 Å². The lowest BCUT2D eigenvalue weighted by molar-refractivity contribution is 0.404. The van der Waals surface area contributed by atoms with Crippen LogP contribution in [0.4, 0.5) is 5.69 Å². The second kappa shape index (κ2) is 5.23. The van der Waals surface area contributed by atoms with Crippen molar-refractivity contribution in [1.29, 1.82) is 5.26 Å². The zero-order chi connectivity index (χ0) is 12.3. The molecule has 1 fully saturated rings. The summed E-state index contributed by atoms with van der Waals surface area (Å²) in [6, 6.07) is 8.52. The lowest BCUT2D eigenvalue weighted by Gasteiger charge is -2.34. The number of hydrogen-bond donors (Lipinski definition) is 0. The zero-order valence-electron chi connectivity index (χ0n) is 10.7. The summed E-state index contributed by atoms with van der Waals surface area (Å²) in [5.74, 6) is 0.789. The number of anilines is 1. The maximum atomic E-state index is 9.22. The Labute approximate surface area is 104 Å². The van der Waals surface area contributed by atoms with Crippen LogP contribution >= 0.6 is 0 Å². The molecule has 1 aliphatic heterocycles. The Morgan fingerprint density at radius 1 is 1.47 bits per heavy atom. The Hall–Kier alpha value is -1.49. The van der Waals surface area contributed by atoms with Crippen LogP contribution in [-0.2, 0) is 0 Å². The number of rotatable bonds is 2. The molecule has 0 spiro atoms. The largest absolute Gasteiger partial charge is 0.370 e. The highest BCUT2D eigenvalue weighted by atomic mass is 15.1. The van der Waals surface area contributed by atoms with Gasteiger partial charge in [-0.05, 0) is 43.4 Å². The fraction of sp³-hybridized carbons (Fsp3) is 0.533. The molecule has 0 bridgehead atoms.